The Labute approximate surface area is 406 Å². The summed E-state index contributed by atoms with van der Waals surface area (Å²) in [5.74, 6) is -0.979. The van der Waals surface area contributed by atoms with Crippen LogP contribution in [0.5, 0.6) is 0 Å². The number of aliphatic hydroxyl groups excluding tert-OH is 7. The van der Waals surface area contributed by atoms with E-state index in [0.29, 0.717) is 12.8 Å². The van der Waals surface area contributed by atoms with Gasteiger partial charge in [-0.1, -0.05) is 132 Å². The molecule has 0 radical (unpaired) electrons. The fraction of sp³-hybridized carbons (Fsp3) is 0.736. The van der Waals surface area contributed by atoms with Crippen molar-refractivity contribution >= 4 is 11.9 Å². The average molecular weight is 965 g/mol. The first-order chi connectivity index (χ1) is 33.0. The zero-order chi connectivity index (χ0) is 49.6. The Hall–Kier alpha value is -3.06. The highest BCUT2D eigenvalue weighted by Gasteiger charge is 2.47. The first kappa shape index (κ1) is 61.1. The van der Waals surface area contributed by atoms with Crippen LogP contribution in [0.4, 0.5) is 0 Å². The quantitative estimate of drug-likeness (QED) is 0.0187. The largest absolute Gasteiger partial charge is 0.462 e. The molecule has 15 nitrogen and oxygen atoms in total. The Morgan fingerprint density at radius 1 is 0.485 bits per heavy atom. The van der Waals surface area contributed by atoms with Crippen LogP contribution in [0.25, 0.3) is 0 Å². The number of hydrogen-bond acceptors (Lipinski definition) is 15. The molecule has 2 aliphatic rings. The summed E-state index contributed by atoms with van der Waals surface area (Å²) in [6, 6.07) is 0. The maximum absolute atomic E-state index is 13.0. The van der Waals surface area contributed by atoms with E-state index in [1.165, 1.54) is 25.7 Å². The van der Waals surface area contributed by atoms with Crippen LogP contribution in [0, 0.1) is 0 Å². The smallest absolute Gasteiger partial charge is 0.306 e. The van der Waals surface area contributed by atoms with Gasteiger partial charge in [-0.15, -0.1) is 0 Å². The zero-order valence-corrected chi connectivity index (χ0v) is 41.1. The van der Waals surface area contributed by atoms with Gasteiger partial charge in [-0.2, -0.15) is 0 Å². The van der Waals surface area contributed by atoms with Gasteiger partial charge in [0.2, 0.25) is 0 Å². The lowest BCUT2D eigenvalue weighted by molar-refractivity contribution is -0.332. The summed E-state index contributed by atoms with van der Waals surface area (Å²) in [7, 11) is 0. The lowest BCUT2D eigenvalue weighted by atomic mass is 9.98. The predicted octanol–water partition coefficient (Wildman–Crippen LogP) is 7.04. The van der Waals surface area contributed by atoms with Gasteiger partial charge in [0.15, 0.2) is 18.7 Å². The molecule has 11 atom stereocenters. The maximum atomic E-state index is 13.0. The van der Waals surface area contributed by atoms with Gasteiger partial charge < -0.3 is 64.2 Å². The second kappa shape index (κ2) is 39.6. The molecular formula is C53H88O15. The Morgan fingerprint density at radius 3 is 1.49 bits per heavy atom. The number of rotatable bonds is 38. The Balaban J connectivity index is 1.84. The zero-order valence-electron chi connectivity index (χ0n) is 41.1. The van der Waals surface area contributed by atoms with E-state index in [1.807, 2.05) is 0 Å². The van der Waals surface area contributed by atoms with Crippen LogP contribution < -0.4 is 0 Å². The number of unbranched alkanes of at least 4 members (excludes halogenated alkanes) is 12. The minimum absolute atomic E-state index is 0.121. The monoisotopic (exact) mass is 965 g/mol. The molecule has 0 aromatic heterocycles. The van der Waals surface area contributed by atoms with Crippen LogP contribution in [0.1, 0.15) is 155 Å². The maximum Gasteiger partial charge on any atom is 0.306 e. The summed E-state index contributed by atoms with van der Waals surface area (Å²) in [6.45, 7) is 2.40. The van der Waals surface area contributed by atoms with Crippen molar-refractivity contribution in [2.75, 3.05) is 26.4 Å². The molecule has 0 bridgehead atoms. The van der Waals surface area contributed by atoms with Gasteiger partial charge in [0, 0.05) is 12.8 Å². The molecule has 0 aliphatic carbocycles. The summed E-state index contributed by atoms with van der Waals surface area (Å²) < 4.78 is 33.5. The van der Waals surface area contributed by atoms with Crippen LogP contribution in [-0.2, 0) is 38.0 Å². The molecule has 68 heavy (non-hydrogen) atoms. The van der Waals surface area contributed by atoms with Gasteiger partial charge in [-0.05, 0) is 83.5 Å². The molecule has 0 saturated carbocycles. The van der Waals surface area contributed by atoms with E-state index in [-0.39, 0.29) is 19.4 Å². The molecule has 7 N–H and O–H groups in total. The molecule has 0 aromatic carbocycles. The molecule has 11 unspecified atom stereocenters. The van der Waals surface area contributed by atoms with Crippen LogP contribution in [0.2, 0.25) is 0 Å². The minimum Gasteiger partial charge on any atom is -0.462 e. The number of hydrogen-bond donors (Lipinski definition) is 7. The molecule has 2 fully saturated rings. The van der Waals surface area contributed by atoms with Crippen LogP contribution in [0.3, 0.4) is 0 Å². The molecule has 2 aliphatic heterocycles. The molecule has 2 rings (SSSR count). The van der Waals surface area contributed by atoms with Crippen molar-refractivity contribution < 1.29 is 73.8 Å². The van der Waals surface area contributed by atoms with E-state index < -0.39 is 99.3 Å². The predicted molar refractivity (Wildman–Crippen MR) is 261 cm³/mol. The topological polar surface area (TPSA) is 231 Å². The van der Waals surface area contributed by atoms with Crippen molar-refractivity contribution in [1.29, 1.82) is 0 Å². The summed E-state index contributed by atoms with van der Waals surface area (Å²) in [6.07, 6.45) is 29.3. The normalized spacial score (nSPS) is 26.4. The third-order valence-corrected chi connectivity index (χ3v) is 11.7. The molecular weight excluding hydrogens is 877 g/mol. The van der Waals surface area contributed by atoms with Crippen molar-refractivity contribution in [3.05, 3.63) is 72.9 Å². The number of carbonyl (C=O) groups is 2. The molecule has 0 amide bonds. The van der Waals surface area contributed by atoms with Gasteiger partial charge >= 0.3 is 11.9 Å². The van der Waals surface area contributed by atoms with Crippen molar-refractivity contribution in [3.63, 3.8) is 0 Å². The summed E-state index contributed by atoms with van der Waals surface area (Å²) in [5, 5.41) is 72.1. The van der Waals surface area contributed by atoms with Crippen LogP contribution in [-0.4, -0.2) is 142 Å². The lowest BCUT2D eigenvalue weighted by Gasteiger charge is -2.42. The van der Waals surface area contributed by atoms with Gasteiger partial charge in [-0.3, -0.25) is 9.59 Å². The molecule has 2 heterocycles. The molecule has 390 valence electrons. The van der Waals surface area contributed by atoms with Crippen molar-refractivity contribution in [3.8, 4) is 0 Å². The highest BCUT2D eigenvalue weighted by atomic mass is 16.7. The third-order valence-electron chi connectivity index (χ3n) is 11.7. The fourth-order valence-electron chi connectivity index (χ4n) is 7.47. The number of esters is 2. The van der Waals surface area contributed by atoms with E-state index in [0.717, 1.165) is 89.9 Å². The number of allylic oxidation sites excluding steroid dienone is 12. The highest BCUT2D eigenvalue weighted by molar-refractivity contribution is 5.70. The Morgan fingerprint density at radius 2 is 0.926 bits per heavy atom. The standard InChI is InChI=1S/C53H88O15/c1-3-5-7-9-11-13-15-17-18-19-20-21-22-24-26-28-30-32-34-36-45(56)66-41(38-63-44(55)35-33-31-29-27-25-23-16-14-12-10-8-6-4-2)39-64-52-51(62)49(60)47(58)43(68-52)40-65-53-50(61)48(59)46(57)42(37-54)67-53/h5,7,11,13-14,16-18,20-21,24,26,41-43,46-54,57-62H,3-4,6,8-10,12,15,19,22-23,25,27-40H2,1-2H3/b7-5-,13-11-,16-14-,18-17-,21-20-,26-24-. The first-order valence-electron chi connectivity index (χ1n) is 25.5. The first-order valence-corrected chi connectivity index (χ1v) is 25.5. The van der Waals surface area contributed by atoms with E-state index >= 15 is 0 Å². The van der Waals surface area contributed by atoms with Gasteiger partial charge in [0.1, 0.15) is 55.4 Å². The number of ether oxygens (including phenoxy) is 6. The minimum atomic E-state index is -1.78. The summed E-state index contributed by atoms with van der Waals surface area (Å²) in [4.78, 5) is 25.7. The SMILES string of the molecule is CC/C=C\C/C=C\C/C=C\C/C=C\C/C=C\CCCCCC(=O)OC(COC(=O)CCCCCCC/C=C\CCCCCC)COC1OC(COC2OC(CO)C(O)C(O)C2O)C(O)C(O)C1O. The number of carbonyl (C=O) groups excluding carboxylic acids is 2. The molecule has 0 spiro atoms. The second-order valence-electron chi connectivity index (χ2n) is 17.6. The van der Waals surface area contributed by atoms with Crippen LogP contribution in [0.15, 0.2) is 72.9 Å². The van der Waals surface area contributed by atoms with E-state index in [4.69, 9.17) is 28.4 Å². The second-order valence-corrected chi connectivity index (χ2v) is 17.6. The van der Waals surface area contributed by atoms with Gasteiger partial charge in [-0.25, -0.2) is 0 Å². The van der Waals surface area contributed by atoms with Crippen molar-refractivity contribution in [2.24, 2.45) is 0 Å². The van der Waals surface area contributed by atoms with E-state index in [1.54, 1.807) is 0 Å². The average Bonchev–Trinajstić information content (AvgIpc) is 3.33. The summed E-state index contributed by atoms with van der Waals surface area (Å²) >= 11 is 0. The van der Waals surface area contributed by atoms with E-state index in [9.17, 15) is 45.3 Å². The van der Waals surface area contributed by atoms with Gasteiger partial charge in [0.05, 0.1) is 19.8 Å². The van der Waals surface area contributed by atoms with Crippen molar-refractivity contribution in [1.82, 2.24) is 0 Å². The van der Waals surface area contributed by atoms with Crippen molar-refractivity contribution in [2.45, 2.75) is 223 Å². The Kier molecular flexibility index (Phi) is 35.6. The summed E-state index contributed by atoms with van der Waals surface area (Å²) in [5.41, 5.74) is 0. The van der Waals surface area contributed by atoms with E-state index in [2.05, 4.69) is 86.8 Å². The van der Waals surface area contributed by atoms with Gasteiger partial charge in [0.25, 0.3) is 0 Å². The lowest BCUT2D eigenvalue weighted by Crippen LogP contribution is -2.61. The highest BCUT2D eigenvalue weighted by Crippen LogP contribution is 2.26. The van der Waals surface area contributed by atoms with Crippen LogP contribution >= 0.6 is 0 Å². The molecule has 2 saturated heterocycles. The third kappa shape index (κ3) is 27.4. The molecule has 15 heteroatoms. The Bertz CT molecular complexity index is 1460. The number of aliphatic hydroxyl groups is 7. The fourth-order valence-corrected chi connectivity index (χ4v) is 7.47. The molecule has 0 aromatic rings.